The molecule has 1 fully saturated rings. The summed E-state index contributed by atoms with van der Waals surface area (Å²) in [4.78, 5) is 20.8. The maximum Gasteiger partial charge on any atom is 0.323 e. The number of nitrogens with zero attached hydrogens (tertiary/aromatic N) is 3. The van der Waals surface area contributed by atoms with Crippen LogP contribution < -0.4 is 4.90 Å². The molecule has 0 bridgehead atoms. The molecule has 1 saturated heterocycles. The molecule has 0 radical (unpaired) electrons. The van der Waals surface area contributed by atoms with Crippen LogP contribution in [0.1, 0.15) is 5.56 Å². The Balaban J connectivity index is 1.75. The van der Waals surface area contributed by atoms with Crippen LogP contribution in [-0.4, -0.2) is 34.6 Å². The average molecular weight is 413 g/mol. The molecule has 1 N–H and O–H groups in total. The number of carboxylic acid groups (broad SMARTS) is 1. The summed E-state index contributed by atoms with van der Waals surface area (Å²) < 4.78 is 13.6. The van der Waals surface area contributed by atoms with E-state index in [4.69, 9.17) is 0 Å². The topological polar surface area (TPSA) is 56.7 Å². The summed E-state index contributed by atoms with van der Waals surface area (Å²) in [6, 6.07) is 8.40. The molecule has 1 aromatic heterocycles. The normalized spacial score (nSPS) is 20.2. The first-order valence-electron chi connectivity index (χ1n) is 8.37. The van der Waals surface area contributed by atoms with Gasteiger partial charge in [0.25, 0.3) is 0 Å². The van der Waals surface area contributed by atoms with E-state index < -0.39 is 5.97 Å². The lowest BCUT2D eigenvalue weighted by atomic mass is 10.2. The van der Waals surface area contributed by atoms with E-state index in [9.17, 15) is 14.3 Å². The fraction of sp³-hybridized carbons (Fsp3) is 0.100. The minimum absolute atomic E-state index is 0.185. The lowest BCUT2D eigenvalue weighted by Crippen LogP contribution is -2.24. The molecule has 8 heteroatoms. The maximum absolute atomic E-state index is 13.6. The van der Waals surface area contributed by atoms with E-state index in [1.807, 2.05) is 30.2 Å². The number of fused-ring (bicyclic) bond motifs is 1. The van der Waals surface area contributed by atoms with E-state index in [1.165, 1.54) is 35.7 Å². The van der Waals surface area contributed by atoms with Gasteiger partial charge < -0.3 is 14.9 Å². The number of thioether (sulfide) groups is 2. The van der Waals surface area contributed by atoms with Crippen molar-refractivity contribution >= 4 is 41.3 Å². The van der Waals surface area contributed by atoms with E-state index in [0.29, 0.717) is 5.70 Å². The molecule has 0 amide bonds. The van der Waals surface area contributed by atoms with Crippen molar-refractivity contribution in [2.45, 2.75) is 4.90 Å². The molecule has 3 heterocycles. The van der Waals surface area contributed by atoms with E-state index in [0.717, 1.165) is 31.1 Å². The summed E-state index contributed by atoms with van der Waals surface area (Å²) in [5.74, 6) is -1.22. The van der Waals surface area contributed by atoms with Gasteiger partial charge in [0.1, 0.15) is 12.4 Å². The third-order valence-electron chi connectivity index (χ3n) is 4.34. The van der Waals surface area contributed by atoms with Crippen molar-refractivity contribution in [1.29, 1.82) is 0 Å². The van der Waals surface area contributed by atoms with Crippen LogP contribution in [0.5, 0.6) is 0 Å². The molecule has 2 aliphatic heterocycles. The van der Waals surface area contributed by atoms with Crippen molar-refractivity contribution < 1.29 is 14.3 Å². The highest BCUT2D eigenvalue weighted by Gasteiger charge is 2.35. The van der Waals surface area contributed by atoms with Gasteiger partial charge in [-0.1, -0.05) is 30.1 Å². The minimum atomic E-state index is -0.939. The van der Waals surface area contributed by atoms with Crippen LogP contribution in [0.2, 0.25) is 0 Å². The molecule has 28 heavy (non-hydrogen) atoms. The van der Waals surface area contributed by atoms with Crippen molar-refractivity contribution in [2.75, 3.05) is 18.5 Å². The molecule has 0 unspecified atom stereocenters. The molecular formula is C20H16FN3O2S2. The summed E-state index contributed by atoms with van der Waals surface area (Å²) in [6.45, 7) is 3.95. The first-order chi connectivity index (χ1) is 13.4. The van der Waals surface area contributed by atoms with Gasteiger partial charge in [-0.3, -0.25) is 9.78 Å². The number of hydrogen-bond acceptors (Lipinski definition) is 6. The number of carbonyl (C=O) groups is 1. The van der Waals surface area contributed by atoms with Gasteiger partial charge in [0, 0.05) is 24.3 Å². The van der Waals surface area contributed by atoms with Crippen LogP contribution in [0.15, 0.2) is 74.9 Å². The van der Waals surface area contributed by atoms with Crippen LogP contribution in [-0.2, 0) is 4.79 Å². The lowest BCUT2D eigenvalue weighted by molar-refractivity contribution is -0.137. The van der Waals surface area contributed by atoms with E-state index >= 15 is 0 Å². The number of aromatic nitrogens is 1. The van der Waals surface area contributed by atoms with Gasteiger partial charge >= 0.3 is 5.97 Å². The third-order valence-corrected chi connectivity index (χ3v) is 6.87. The molecule has 0 saturated carbocycles. The highest BCUT2D eigenvalue weighted by molar-refractivity contribution is 8.09. The van der Waals surface area contributed by atoms with Crippen molar-refractivity contribution in [3.05, 3.63) is 81.3 Å². The zero-order valence-corrected chi connectivity index (χ0v) is 16.6. The first-order valence-corrected chi connectivity index (χ1v) is 10.0. The number of pyridine rings is 1. The molecule has 4 rings (SSSR count). The average Bonchev–Trinajstić information content (AvgIpc) is 3.13. The monoisotopic (exact) mass is 413 g/mol. The van der Waals surface area contributed by atoms with Gasteiger partial charge in [-0.05, 0) is 42.0 Å². The Bertz CT molecular complexity index is 1040. The summed E-state index contributed by atoms with van der Waals surface area (Å²) in [5.41, 5.74) is 2.46. The van der Waals surface area contributed by atoms with Crippen LogP contribution in [0, 0.1) is 5.82 Å². The van der Waals surface area contributed by atoms with Crippen molar-refractivity contribution in [2.24, 2.45) is 0 Å². The van der Waals surface area contributed by atoms with Crippen LogP contribution >= 0.6 is 23.5 Å². The Kier molecular flexibility index (Phi) is 4.91. The van der Waals surface area contributed by atoms with Gasteiger partial charge in [-0.15, -0.1) is 0 Å². The van der Waals surface area contributed by atoms with E-state index in [-0.39, 0.29) is 12.4 Å². The van der Waals surface area contributed by atoms with Gasteiger partial charge in [-0.25, -0.2) is 4.39 Å². The second-order valence-electron chi connectivity index (χ2n) is 6.20. The largest absolute Gasteiger partial charge is 0.480 e. The summed E-state index contributed by atoms with van der Waals surface area (Å²) in [6.07, 6.45) is 5.29. The van der Waals surface area contributed by atoms with Crippen molar-refractivity contribution in [3.63, 3.8) is 0 Å². The molecule has 1 aromatic carbocycles. The molecule has 0 atom stereocenters. The fourth-order valence-electron chi connectivity index (χ4n) is 2.99. The number of hydrogen-bond donors (Lipinski definition) is 1. The SMILES string of the molecule is C=C1/C(=C2\Sc3cc(F)ccc3N2C)S/C(=C\c2ccncc2)N1CC(=O)O. The highest BCUT2D eigenvalue weighted by Crippen LogP contribution is 2.54. The fourth-order valence-corrected chi connectivity index (χ4v) is 5.51. The lowest BCUT2D eigenvalue weighted by Gasteiger charge is -2.19. The Morgan fingerprint density at radius 1 is 1.29 bits per heavy atom. The van der Waals surface area contributed by atoms with Crippen LogP contribution in [0.3, 0.4) is 0 Å². The predicted molar refractivity (Wildman–Crippen MR) is 111 cm³/mol. The first kappa shape index (κ1) is 18.6. The molecule has 2 aliphatic rings. The number of anilines is 1. The van der Waals surface area contributed by atoms with Crippen molar-refractivity contribution in [1.82, 2.24) is 9.88 Å². The molecule has 142 valence electrons. The summed E-state index contributed by atoms with van der Waals surface area (Å²) in [7, 11) is 1.92. The standard InChI is InChI=1S/C20H16FN3O2S2/c1-12-19(20-23(2)15-4-3-14(21)10-16(15)27-20)28-17(24(12)11-18(25)26)9-13-5-7-22-8-6-13/h3-10H,1,11H2,2H3,(H,25,26)/b17-9-,20-19+. The minimum Gasteiger partial charge on any atom is -0.480 e. The highest BCUT2D eigenvalue weighted by atomic mass is 32.2. The number of rotatable bonds is 3. The number of aliphatic carboxylic acids is 1. The smallest absolute Gasteiger partial charge is 0.323 e. The quantitative estimate of drug-likeness (QED) is 0.791. The van der Waals surface area contributed by atoms with E-state index in [2.05, 4.69) is 11.6 Å². The van der Waals surface area contributed by atoms with Gasteiger partial charge in [-0.2, -0.15) is 0 Å². The number of benzene rings is 1. The summed E-state index contributed by atoms with van der Waals surface area (Å²) in [5, 5.41) is 11.0. The summed E-state index contributed by atoms with van der Waals surface area (Å²) >= 11 is 2.93. The van der Waals surface area contributed by atoms with Crippen LogP contribution in [0.4, 0.5) is 10.1 Å². The molecule has 2 aromatic rings. The van der Waals surface area contributed by atoms with Crippen molar-refractivity contribution in [3.8, 4) is 0 Å². The number of halogens is 1. The van der Waals surface area contributed by atoms with Gasteiger partial charge in [0.05, 0.1) is 26.3 Å². The molecule has 5 nitrogen and oxygen atoms in total. The molecule has 0 aliphatic carbocycles. The predicted octanol–water partition coefficient (Wildman–Crippen LogP) is 4.58. The van der Waals surface area contributed by atoms with Crippen LogP contribution in [0.25, 0.3) is 6.08 Å². The molecule has 0 spiro atoms. The zero-order valence-electron chi connectivity index (χ0n) is 14.9. The Morgan fingerprint density at radius 3 is 2.75 bits per heavy atom. The second kappa shape index (κ2) is 7.37. The maximum atomic E-state index is 13.6. The Labute approximate surface area is 170 Å². The Morgan fingerprint density at radius 2 is 2.04 bits per heavy atom. The zero-order chi connectivity index (χ0) is 19.8. The number of carboxylic acids is 1. The Hall–Kier alpha value is -2.71. The van der Waals surface area contributed by atoms with Gasteiger partial charge in [0.15, 0.2) is 0 Å². The van der Waals surface area contributed by atoms with E-state index in [1.54, 1.807) is 23.4 Å². The third kappa shape index (κ3) is 3.41. The van der Waals surface area contributed by atoms with Gasteiger partial charge in [0.2, 0.25) is 0 Å². The second-order valence-corrected chi connectivity index (χ2v) is 8.26. The molecular weight excluding hydrogens is 397 g/mol.